The Kier molecular flexibility index (Phi) is 3.64. The third-order valence-corrected chi connectivity index (χ3v) is 2.16. The maximum absolute atomic E-state index is 8.99. The van der Waals surface area contributed by atoms with Crippen molar-refractivity contribution >= 4 is 0 Å². The highest BCUT2D eigenvalue weighted by atomic mass is 16.5. The van der Waals surface area contributed by atoms with Gasteiger partial charge in [-0.1, -0.05) is 12.1 Å². The Morgan fingerprint density at radius 1 is 1.00 bits per heavy atom. The van der Waals surface area contributed by atoms with Crippen LogP contribution < -0.4 is 4.74 Å². The van der Waals surface area contributed by atoms with Crippen molar-refractivity contribution in [2.75, 3.05) is 0 Å². The summed E-state index contributed by atoms with van der Waals surface area (Å²) in [6.07, 6.45) is 0. The fraction of sp³-hybridized carbons (Fsp3) is 0.167. The van der Waals surface area contributed by atoms with Crippen molar-refractivity contribution in [3.8, 4) is 11.6 Å². The van der Waals surface area contributed by atoms with E-state index in [0.717, 1.165) is 5.56 Å². The Labute approximate surface area is 98.3 Å². The summed E-state index contributed by atoms with van der Waals surface area (Å²) in [7, 11) is 0. The summed E-state index contributed by atoms with van der Waals surface area (Å²) in [6, 6.07) is 10.3. The number of hydrogen-bond acceptors (Lipinski definition) is 5. The second-order valence-electron chi connectivity index (χ2n) is 3.43. The fourth-order valence-electron chi connectivity index (χ4n) is 1.31. The lowest BCUT2D eigenvalue weighted by Gasteiger charge is -2.05. The molecule has 5 nitrogen and oxygen atoms in total. The molecule has 0 aliphatic heterocycles. The minimum absolute atomic E-state index is 0.0354. The molecule has 5 heteroatoms. The van der Waals surface area contributed by atoms with Gasteiger partial charge in [-0.3, -0.25) is 0 Å². The molecule has 2 rings (SSSR count). The van der Waals surface area contributed by atoms with E-state index in [1.165, 1.54) is 0 Å². The average molecular weight is 232 g/mol. The number of nitrogens with zero attached hydrogens (tertiary/aromatic N) is 2. The summed E-state index contributed by atoms with van der Waals surface area (Å²) in [5.41, 5.74) is 1.25. The third-order valence-electron chi connectivity index (χ3n) is 2.16. The number of hydrogen-bond donors (Lipinski definition) is 2. The summed E-state index contributed by atoms with van der Waals surface area (Å²) in [4.78, 5) is 0. The van der Waals surface area contributed by atoms with Crippen molar-refractivity contribution in [1.82, 2.24) is 10.2 Å². The normalized spacial score (nSPS) is 10.2. The quantitative estimate of drug-likeness (QED) is 0.829. The molecule has 0 bridgehead atoms. The smallest absolute Gasteiger partial charge is 0.238 e. The van der Waals surface area contributed by atoms with Gasteiger partial charge >= 0.3 is 0 Å². The van der Waals surface area contributed by atoms with Gasteiger partial charge < -0.3 is 14.9 Å². The van der Waals surface area contributed by atoms with Crippen molar-refractivity contribution in [1.29, 1.82) is 0 Å². The number of aliphatic hydroxyl groups is 2. The van der Waals surface area contributed by atoms with E-state index in [2.05, 4.69) is 10.2 Å². The van der Waals surface area contributed by atoms with Gasteiger partial charge in [-0.15, -0.1) is 10.2 Å². The predicted octanol–water partition coefficient (Wildman–Crippen LogP) is 1.25. The average Bonchev–Trinajstić information content (AvgIpc) is 2.40. The van der Waals surface area contributed by atoms with E-state index in [1.54, 1.807) is 36.4 Å². The van der Waals surface area contributed by atoms with Crippen LogP contribution in [0.15, 0.2) is 36.4 Å². The van der Waals surface area contributed by atoms with Crippen molar-refractivity contribution in [3.63, 3.8) is 0 Å². The fourth-order valence-corrected chi connectivity index (χ4v) is 1.31. The van der Waals surface area contributed by atoms with Gasteiger partial charge in [-0.2, -0.15) is 0 Å². The molecule has 0 fully saturated rings. The summed E-state index contributed by atoms with van der Waals surface area (Å²) in [5, 5.41) is 25.4. The molecule has 0 radical (unpaired) electrons. The monoisotopic (exact) mass is 232 g/mol. The number of ether oxygens (including phenoxy) is 1. The van der Waals surface area contributed by atoms with Crippen LogP contribution in [0.25, 0.3) is 0 Å². The molecule has 0 unspecified atom stereocenters. The van der Waals surface area contributed by atoms with Crippen LogP contribution in [-0.4, -0.2) is 20.4 Å². The second kappa shape index (κ2) is 5.38. The molecule has 0 spiro atoms. The van der Waals surface area contributed by atoms with E-state index in [9.17, 15) is 0 Å². The zero-order chi connectivity index (χ0) is 12.1. The van der Waals surface area contributed by atoms with E-state index in [1.807, 2.05) is 0 Å². The first-order chi connectivity index (χ1) is 8.31. The summed E-state index contributed by atoms with van der Waals surface area (Å²) in [6.45, 7) is -0.181. The van der Waals surface area contributed by atoms with Gasteiger partial charge in [0.15, 0.2) is 0 Å². The lowest BCUT2D eigenvalue weighted by Crippen LogP contribution is -1.95. The molecule has 0 aliphatic carbocycles. The van der Waals surface area contributed by atoms with Gasteiger partial charge in [-0.05, 0) is 23.8 Å². The number of rotatable bonds is 4. The minimum Gasteiger partial charge on any atom is -0.438 e. The second-order valence-corrected chi connectivity index (χ2v) is 3.43. The Bertz CT molecular complexity index is 485. The first kappa shape index (κ1) is 11.5. The molecule has 2 aromatic rings. The molecule has 0 saturated carbocycles. The van der Waals surface area contributed by atoms with Gasteiger partial charge in [0.2, 0.25) is 5.88 Å². The van der Waals surface area contributed by atoms with Crippen LogP contribution in [0, 0.1) is 0 Å². The Hall–Kier alpha value is -1.98. The molecule has 1 aromatic heterocycles. The first-order valence-corrected chi connectivity index (χ1v) is 5.13. The van der Waals surface area contributed by atoms with Crippen LogP contribution in [0.5, 0.6) is 11.6 Å². The molecule has 2 N–H and O–H groups in total. The zero-order valence-corrected chi connectivity index (χ0v) is 9.08. The standard InChI is InChI=1S/C12H12N2O3/c15-7-9-2-1-3-11(6-9)17-12-5-4-10(8-16)13-14-12/h1-6,15-16H,7-8H2. The molecule has 0 atom stereocenters. The van der Waals surface area contributed by atoms with Crippen LogP contribution in [0.3, 0.4) is 0 Å². The summed E-state index contributed by atoms with van der Waals surface area (Å²) >= 11 is 0. The molecule has 0 saturated heterocycles. The number of aromatic nitrogens is 2. The number of benzene rings is 1. The Morgan fingerprint density at radius 2 is 1.88 bits per heavy atom. The summed E-state index contributed by atoms with van der Waals surface area (Å²) in [5.74, 6) is 0.930. The minimum atomic E-state index is -0.146. The highest BCUT2D eigenvalue weighted by Crippen LogP contribution is 2.19. The molecular formula is C12H12N2O3. The molecule has 0 aliphatic rings. The Morgan fingerprint density at radius 3 is 2.53 bits per heavy atom. The van der Waals surface area contributed by atoms with Gasteiger partial charge in [0.1, 0.15) is 5.75 Å². The van der Waals surface area contributed by atoms with E-state index >= 15 is 0 Å². The topological polar surface area (TPSA) is 75.5 Å². The molecular weight excluding hydrogens is 220 g/mol. The molecule has 17 heavy (non-hydrogen) atoms. The highest BCUT2D eigenvalue weighted by molar-refractivity contribution is 5.31. The zero-order valence-electron chi connectivity index (χ0n) is 9.08. The van der Waals surface area contributed by atoms with E-state index in [0.29, 0.717) is 17.3 Å². The van der Waals surface area contributed by atoms with Crippen molar-refractivity contribution in [3.05, 3.63) is 47.7 Å². The molecule has 1 heterocycles. The largest absolute Gasteiger partial charge is 0.438 e. The number of aliphatic hydroxyl groups excluding tert-OH is 2. The Balaban J connectivity index is 2.13. The lowest BCUT2D eigenvalue weighted by atomic mass is 10.2. The van der Waals surface area contributed by atoms with Crippen molar-refractivity contribution in [2.45, 2.75) is 13.2 Å². The van der Waals surface area contributed by atoms with Gasteiger partial charge in [0, 0.05) is 6.07 Å². The lowest BCUT2D eigenvalue weighted by molar-refractivity contribution is 0.274. The first-order valence-electron chi connectivity index (χ1n) is 5.13. The summed E-state index contributed by atoms with van der Waals surface area (Å²) < 4.78 is 5.45. The van der Waals surface area contributed by atoms with Gasteiger partial charge in [-0.25, -0.2) is 0 Å². The highest BCUT2D eigenvalue weighted by Gasteiger charge is 2.01. The van der Waals surface area contributed by atoms with Crippen molar-refractivity contribution in [2.24, 2.45) is 0 Å². The van der Waals surface area contributed by atoms with Crippen LogP contribution in [0.4, 0.5) is 0 Å². The van der Waals surface area contributed by atoms with E-state index < -0.39 is 0 Å². The molecule has 1 aromatic carbocycles. The molecule has 88 valence electrons. The molecule has 0 amide bonds. The van der Waals surface area contributed by atoms with E-state index in [4.69, 9.17) is 14.9 Å². The van der Waals surface area contributed by atoms with Gasteiger partial charge in [0.05, 0.1) is 18.9 Å². The van der Waals surface area contributed by atoms with Crippen molar-refractivity contribution < 1.29 is 14.9 Å². The predicted molar refractivity (Wildman–Crippen MR) is 60.4 cm³/mol. The third kappa shape index (κ3) is 2.99. The van der Waals surface area contributed by atoms with Crippen LogP contribution >= 0.6 is 0 Å². The SMILES string of the molecule is OCc1cccc(Oc2ccc(CO)nn2)c1. The van der Waals surface area contributed by atoms with Crippen LogP contribution in [-0.2, 0) is 13.2 Å². The maximum Gasteiger partial charge on any atom is 0.238 e. The van der Waals surface area contributed by atoms with Crippen LogP contribution in [0.1, 0.15) is 11.3 Å². The van der Waals surface area contributed by atoms with Crippen LogP contribution in [0.2, 0.25) is 0 Å². The van der Waals surface area contributed by atoms with Gasteiger partial charge in [0.25, 0.3) is 0 Å². The van der Waals surface area contributed by atoms with E-state index in [-0.39, 0.29) is 13.2 Å². The maximum atomic E-state index is 8.99.